The Morgan fingerprint density at radius 2 is 2.12 bits per heavy atom. The zero-order valence-electron chi connectivity index (χ0n) is 8.49. The number of aliphatic hydroxyl groups is 2. The Labute approximate surface area is 91.0 Å². The first kappa shape index (κ1) is 10.7. The van der Waals surface area contributed by atoms with Crippen LogP contribution in [0, 0.1) is 0 Å². The fraction of sp³-hybridized carbons (Fsp3) is 0.300. The van der Waals surface area contributed by atoms with Gasteiger partial charge in [0.25, 0.3) is 0 Å². The van der Waals surface area contributed by atoms with Gasteiger partial charge >= 0.3 is 5.97 Å². The molecular weight excluding hydrogens is 214 g/mol. The first-order valence-corrected chi connectivity index (χ1v) is 4.66. The van der Waals surface area contributed by atoms with Crippen LogP contribution in [-0.2, 0) is 0 Å². The lowest BCUT2D eigenvalue weighted by Gasteiger charge is -2.24. The van der Waals surface area contributed by atoms with E-state index in [4.69, 9.17) is 9.52 Å². The fourth-order valence-corrected chi connectivity index (χ4v) is 1.60. The maximum atomic E-state index is 10.6. The third-order valence-corrected chi connectivity index (χ3v) is 2.42. The SMILES string of the molecule is CC1=CC(O)N(c2ccc(C(=O)O)o2)C1O. The van der Waals surface area contributed by atoms with Crippen molar-refractivity contribution in [1.29, 1.82) is 0 Å². The summed E-state index contributed by atoms with van der Waals surface area (Å²) in [5, 5.41) is 28.0. The molecule has 1 aliphatic heterocycles. The summed E-state index contributed by atoms with van der Waals surface area (Å²) in [6.45, 7) is 1.66. The van der Waals surface area contributed by atoms with E-state index in [1.54, 1.807) is 6.92 Å². The molecule has 2 heterocycles. The van der Waals surface area contributed by atoms with Gasteiger partial charge in [-0.15, -0.1) is 0 Å². The Morgan fingerprint density at radius 1 is 1.44 bits per heavy atom. The van der Waals surface area contributed by atoms with Gasteiger partial charge in [-0.3, -0.25) is 4.90 Å². The molecule has 86 valence electrons. The second-order valence-electron chi connectivity index (χ2n) is 3.55. The van der Waals surface area contributed by atoms with Crippen LogP contribution in [0.5, 0.6) is 0 Å². The van der Waals surface area contributed by atoms with E-state index in [1.807, 2.05) is 0 Å². The van der Waals surface area contributed by atoms with Crippen molar-refractivity contribution in [3.05, 3.63) is 29.5 Å². The predicted molar refractivity (Wildman–Crippen MR) is 53.9 cm³/mol. The molecule has 0 aliphatic carbocycles. The molecule has 0 radical (unpaired) electrons. The molecule has 0 saturated carbocycles. The first-order chi connectivity index (χ1) is 7.50. The Bertz CT molecular complexity index is 450. The summed E-state index contributed by atoms with van der Waals surface area (Å²) in [4.78, 5) is 11.8. The molecular formula is C10H11NO5. The number of aromatic carboxylic acids is 1. The highest BCUT2D eigenvalue weighted by atomic mass is 16.4. The minimum absolute atomic E-state index is 0.116. The predicted octanol–water partition coefficient (Wildman–Crippen LogP) is 0.381. The molecule has 16 heavy (non-hydrogen) atoms. The van der Waals surface area contributed by atoms with Gasteiger partial charge in [0.15, 0.2) is 12.5 Å². The summed E-state index contributed by atoms with van der Waals surface area (Å²) in [7, 11) is 0. The van der Waals surface area contributed by atoms with Crippen molar-refractivity contribution in [2.75, 3.05) is 4.90 Å². The molecule has 1 aromatic heterocycles. The zero-order valence-corrected chi connectivity index (χ0v) is 8.49. The van der Waals surface area contributed by atoms with Crippen LogP contribution in [0.4, 0.5) is 5.88 Å². The molecule has 2 unspecified atom stereocenters. The Balaban J connectivity index is 2.28. The highest BCUT2D eigenvalue weighted by molar-refractivity contribution is 5.84. The smallest absolute Gasteiger partial charge is 0.371 e. The third kappa shape index (κ3) is 1.58. The minimum Gasteiger partial charge on any atom is -0.475 e. The second kappa shape index (κ2) is 3.66. The van der Waals surface area contributed by atoms with Crippen molar-refractivity contribution >= 4 is 11.9 Å². The van der Waals surface area contributed by atoms with Gasteiger partial charge in [0.1, 0.15) is 0 Å². The number of aliphatic hydroxyl groups excluding tert-OH is 2. The topological polar surface area (TPSA) is 94.1 Å². The molecule has 6 nitrogen and oxygen atoms in total. The summed E-state index contributed by atoms with van der Waals surface area (Å²) in [6.07, 6.45) is -0.543. The molecule has 1 aliphatic rings. The monoisotopic (exact) mass is 225 g/mol. The van der Waals surface area contributed by atoms with Crippen LogP contribution in [0.1, 0.15) is 17.5 Å². The number of hydrogen-bond donors (Lipinski definition) is 3. The van der Waals surface area contributed by atoms with Crippen LogP contribution in [-0.4, -0.2) is 33.7 Å². The van der Waals surface area contributed by atoms with E-state index in [1.165, 1.54) is 23.1 Å². The number of carboxylic acid groups (broad SMARTS) is 1. The molecule has 0 saturated heterocycles. The van der Waals surface area contributed by atoms with Crippen molar-refractivity contribution in [3.63, 3.8) is 0 Å². The summed E-state index contributed by atoms with van der Waals surface area (Å²) < 4.78 is 4.99. The van der Waals surface area contributed by atoms with Gasteiger partial charge in [-0.05, 0) is 24.6 Å². The number of carbonyl (C=O) groups is 1. The molecule has 3 N–H and O–H groups in total. The van der Waals surface area contributed by atoms with Crippen molar-refractivity contribution < 1.29 is 24.5 Å². The van der Waals surface area contributed by atoms with Gasteiger partial charge < -0.3 is 19.7 Å². The lowest BCUT2D eigenvalue weighted by atomic mass is 10.3. The standard InChI is InChI=1S/C10H11NO5/c1-5-4-7(12)11(9(5)13)8-3-2-6(16-8)10(14)15/h2-4,7,9,12-13H,1H3,(H,14,15). The summed E-state index contributed by atoms with van der Waals surface area (Å²) in [5.41, 5.74) is 0.584. The van der Waals surface area contributed by atoms with Crippen molar-refractivity contribution in [2.24, 2.45) is 0 Å². The largest absolute Gasteiger partial charge is 0.475 e. The molecule has 0 amide bonds. The Kier molecular flexibility index (Phi) is 2.45. The molecule has 0 bridgehead atoms. The van der Waals surface area contributed by atoms with Crippen molar-refractivity contribution in [1.82, 2.24) is 0 Å². The average molecular weight is 225 g/mol. The number of anilines is 1. The number of rotatable bonds is 2. The van der Waals surface area contributed by atoms with Crippen LogP contribution in [0.15, 0.2) is 28.2 Å². The summed E-state index contributed by atoms with van der Waals surface area (Å²) in [6, 6.07) is 2.66. The van der Waals surface area contributed by atoms with Crippen LogP contribution < -0.4 is 4.90 Å². The zero-order chi connectivity index (χ0) is 11.9. The lowest BCUT2D eigenvalue weighted by molar-refractivity contribution is 0.0659. The number of hydrogen-bond acceptors (Lipinski definition) is 5. The van der Waals surface area contributed by atoms with Gasteiger partial charge in [0.05, 0.1) is 0 Å². The van der Waals surface area contributed by atoms with E-state index in [0.29, 0.717) is 5.57 Å². The van der Waals surface area contributed by atoms with Gasteiger partial charge in [-0.2, -0.15) is 0 Å². The van der Waals surface area contributed by atoms with Gasteiger partial charge in [-0.1, -0.05) is 0 Å². The number of furan rings is 1. The van der Waals surface area contributed by atoms with Crippen LogP contribution in [0.2, 0.25) is 0 Å². The lowest BCUT2D eigenvalue weighted by Crippen LogP contribution is -2.37. The molecule has 0 aromatic carbocycles. The van der Waals surface area contributed by atoms with E-state index < -0.39 is 18.4 Å². The third-order valence-electron chi connectivity index (χ3n) is 2.42. The number of nitrogens with zero attached hydrogens (tertiary/aromatic N) is 1. The van der Waals surface area contributed by atoms with Gasteiger partial charge in [0.2, 0.25) is 11.6 Å². The Hall–Kier alpha value is -1.79. The maximum Gasteiger partial charge on any atom is 0.371 e. The van der Waals surface area contributed by atoms with E-state index in [-0.39, 0.29) is 11.6 Å². The van der Waals surface area contributed by atoms with Gasteiger partial charge in [0, 0.05) is 6.07 Å². The number of carboxylic acids is 1. The summed E-state index contributed by atoms with van der Waals surface area (Å²) in [5.74, 6) is -1.32. The first-order valence-electron chi connectivity index (χ1n) is 4.66. The second-order valence-corrected chi connectivity index (χ2v) is 3.55. The van der Waals surface area contributed by atoms with Gasteiger partial charge in [-0.25, -0.2) is 4.79 Å². The van der Waals surface area contributed by atoms with Crippen LogP contribution >= 0.6 is 0 Å². The van der Waals surface area contributed by atoms with Crippen molar-refractivity contribution in [2.45, 2.75) is 19.4 Å². The molecule has 0 spiro atoms. The molecule has 1 aromatic rings. The van der Waals surface area contributed by atoms with Crippen LogP contribution in [0.3, 0.4) is 0 Å². The molecule has 6 heteroatoms. The van der Waals surface area contributed by atoms with Crippen molar-refractivity contribution in [3.8, 4) is 0 Å². The van der Waals surface area contributed by atoms with E-state index in [9.17, 15) is 15.0 Å². The van der Waals surface area contributed by atoms with E-state index in [0.717, 1.165) is 0 Å². The highest BCUT2D eigenvalue weighted by Gasteiger charge is 2.32. The molecule has 2 atom stereocenters. The molecule has 2 rings (SSSR count). The highest BCUT2D eigenvalue weighted by Crippen LogP contribution is 2.29. The van der Waals surface area contributed by atoms with E-state index in [2.05, 4.69) is 0 Å². The fourth-order valence-electron chi connectivity index (χ4n) is 1.60. The van der Waals surface area contributed by atoms with Crippen LogP contribution in [0.25, 0.3) is 0 Å². The van der Waals surface area contributed by atoms with E-state index >= 15 is 0 Å². The average Bonchev–Trinajstić information content (AvgIpc) is 2.74. The minimum atomic E-state index is -1.20. The normalized spacial score (nSPS) is 24.7. The molecule has 0 fully saturated rings. The Morgan fingerprint density at radius 3 is 2.56 bits per heavy atom. The summed E-state index contributed by atoms with van der Waals surface area (Å²) >= 11 is 0. The maximum absolute atomic E-state index is 10.6. The quantitative estimate of drug-likeness (QED) is 0.630.